The summed E-state index contributed by atoms with van der Waals surface area (Å²) in [4.78, 5) is 22.7. The number of carbonyl (C=O) groups is 2. The van der Waals surface area contributed by atoms with Gasteiger partial charge in [0.25, 0.3) is 0 Å². The van der Waals surface area contributed by atoms with Crippen LogP contribution in [0.5, 0.6) is 0 Å². The molecule has 3 nitrogen and oxygen atoms in total. The van der Waals surface area contributed by atoms with Gasteiger partial charge in [0.1, 0.15) is 6.04 Å². The molecular formula is C11H18ClNO2. The van der Waals surface area contributed by atoms with Gasteiger partial charge in [-0.15, -0.1) is 0 Å². The van der Waals surface area contributed by atoms with E-state index < -0.39 is 11.3 Å². The van der Waals surface area contributed by atoms with E-state index >= 15 is 0 Å². The van der Waals surface area contributed by atoms with Crippen LogP contribution in [0.2, 0.25) is 0 Å². The molecule has 1 aliphatic carbocycles. The Kier molecular flexibility index (Phi) is 5.09. The van der Waals surface area contributed by atoms with Gasteiger partial charge in [0.2, 0.25) is 11.1 Å². The highest BCUT2D eigenvalue weighted by Crippen LogP contribution is 2.23. The highest BCUT2D eigenvalue weighted by atomic mass is 35.5. The number of carbonyl (C=O) groups excluding carboxylic acids is 2. The summed E-state index contributed by atoms with van der Waals surface area (Å²) >= 11 is 5.37. The molecule has 86 valence electrons. The van der Waals surface area contributed by atoms with Crippen molar-refractivity contribution in [1.29, 1.82) is 0 Å². The number of hydrogen-bond donors (Lipinski definition) is 1. The maximum Gasteiger partial charge on any atom is 0.243 e. The SMILES string of the molecule is CCC(NC(=O)C1CCCCC1)C(=O)Cl. The number of nitrogens with one attached hydrogen (secondary N) is 1. The topological polar surface area (TPSA) is 46.2 Å². The molecule has 0 aliphatic heterocycles. The fourth-order valence-electron chi connectivity index (χ4n) is 1.97. The number of halogens is 1. The average Bonchev–Trinajstić information content (AvgIpc) is 2.26. The predicted molar refractivity (Wildman–Crippen MR) is 59.7 cm³/mol. The van der Waals surface area contributed by atoms with Crippen molar-refractivity contribution in [3.05, 3.63) is 0 Å². The minimum atomic E-state index is -0.513. The van der Waals surface area contributed by atoms with Crippen LogP contribution in [0.15, 0.2) is 0 Å². The molecule has 0 radical (unpaired) electrons. The first-order valence-electron chi connectivity index (χ1n) is 5.65. The number of amides is 1. The molecule has 1 unspecified atom stereocenters. The minimum Gasteiger partial charge on any atom is -0.345 e. The van der Waals surface area contributed by atoms with Crippen molar-refractivity contribution >= 4 is 22.8 Å². The molecule has 0 aromatic carbocycles. The van der Waals surface area contributed by atoms with Crippen molar-refractivity contribution in [1.82, 2.24) is 5.32 Å². The Morgan fingerprint density at radius 1 is 1.33 bits per heavy atom. The number of rotatable bonds is 4. The van der Waals surface area contributed by atoms with E-state index in [-0.39, 0.29) is 11.8 Å². The lowest BCUT2D eigenvalue weighted by Crippen LogP contribution is -2.42. The minimum absolute atomic E-state index is 0.00412. The quantitative estimate of drug-likeness (QED) is 0.755. The maximum atomic E-state index is 11.7. The Balaban J connectivity index is 2.42. The van der Waals surface area contributed by atoms with E-state index in [4.69, 9.17) is 11.6 Å². The second kappa shape index (κ2) is 6.11. The maximum absolute atomic E-state index is 11.7. The van der Waals surface area contributed by atoms with Gasteiger partial charge in [-0.05, 0) is 30.9 Å². The smallest absolute Gasteiger partial charge is 0.243 e. The summed E-state index contributed by atoms with van der Waals surface area (Å²) in [5.41, 5.74) is 0. The molecule has 1 fully saturated rings. The summed E-state index contributed by atoms with van der Waals surface area (Å²) in [5, 5.41) is 2.24. The molecule has 1 amide bonds. The molecule has 15 heavy (non-hydrogen) atoms. The zero-order valence-electron chi connectivity index (χ0n) is 9.09. The Bertz CT molecular complexity index is 237. The summed E-state index contributed by atoms with van der Waals surface area (Å²) in [6, 6.07) is -0.513. The van der Waals surface area contributed by atoms with Gasteiger partial charge in [-0.25, -0.2) is 0 Å². The summed E-state index contributed by atoms with van der Waals surface area (Å²) in [5.74, 6) is 0.0827. The van der Waals surface area contributed by atoms with Crippen LogP contribution >= 0.6 is 11.6 Å². The lowest BCUT2D eigenvalue weighted by molar-refractivity contribution is -0.129. The Labute approximate surface area is 95.6 Å². The molecule has 1 saturated carbocycles. The summed E-state index contributed by atoms with van der Waals surface area (Å²) < 4.78 is 0. The van der Waals surface area contributed by atoms with E-state index in [9.17, 15) is 9.59 Å². The van der Waals surface area contributed by atoms with E-state index in [2.05, 4.69) is 5.32 Å². The van der Waals surface area contributed by atoms with Crippen molar-refractivity contribution in [3.63, 3.8) is 0 Å². The van der Waals surface area contributed by atoms with E-state index in [1.54, 1.807) is 0 Å². The van der Waals surface area contributed by atoms with E-state index in [0.29, 0.717) is 6.42 Å². The van der Waals surface area contributed by atoms with Gasteiger partial charge in [0.15, 0.2) is 0 Å². The third-order valence-electron chi connectivity index (χ3n) is 2.97. The fraction of sp³-hybridized carbons (Fsp3) is 0.818. The van der Waals surface area contributed by atoms with Crippen LogP contribution < -0.4 is 5.32 Å². The Morgan fingerprint density at radius 2 is 1.93 bits per heavy atom. The lowest BCUT2D eigenvalue weighted by Gasteiger charge is -2.22. The largest absolute Gasteiger partial charge is 0.345 e. The molecule has 1 atom stereocenters. The van der Waals surface area contributed by atoms with Gasteiger partial charge >= 0.3 is 0 Å². The van der Waals surface area contributed by atoms with E-state index in [1.807, 2.05) is 6.92 Å². The second-order valence-corrected chi connectivity index (χ2v) is 4.48. The zero-order valence-corrected chi connectivity index (χ0v) is 9.85. The van der Waals surface area contributed by atoms with E-state index in [0.717, 1.165) is 25.7 Å². The van der Waals surface area contributed by atoms with Crippen LogP contribution in [-0.2, 0) is 9.59 Å². The third-order valence-corrected chi connectivity index (χ3v) is 3.24. The molecular weight excluding hydrogens is 214 g/mol. The average molecular weight is 232 g/mol. The van der Waals surface area contributed by atoms with Crippen molar-refractivity contribution in [2.45, 2.75) is 51.5 Å². The van der Waals surface area contributed by atoms with Crippen LogP contribution in [0.25, 0.3) is 0 Å². The summed E-state index contributed by atoms with van der Waals surface area (Å²) in [7, 11) is 0. The standard InChI is InChI=1S/C11H18ClNO2/c1-2-9(10(12)14)13-11(15)8-6-4-3-5-7-8/h8-9H,2-7H2,1H3,(H,13,15). The van der Waals surface area contributed by atoms with Crippen molar-refractivity contribution in [2.75, 3.05) is 0 Å². The molecule has 4 heteroatoms. The van der Waals surface area contributed by atoms with Gasteiger partial charge in [0, 0.05) is 5.92 Å². The molecule has 0 aromatic heterocycles. The van der Waals surface area contributed by atoms with Crippen molar-refractivity contribution < 1.29 is 9.59 Å². The molecule has 0 saturated heterocycles. The highest BCUT2D eigenvalue weighted by Gasteiger charge is 2.24. The van der Waals surface area contributed by atoms with Crippen LogP contribution in [0, 0.1) is 5.92 Å². The van der Waals surface area contributed by atoms with Gasteiger partial charge < -0.3 is 5.32 Å². The van der Waals surface area contributed by atoms with Crippen LogP contribution in [0.3, 0.4) is 0 Å². The van der Waals surface area contributed by atoms with Crippen LogP contribution in [-0.4, -0.2) is 17.2 Å². The molecule has 0 heterocycles. The molecule has 1 N–H and O–H groups in total. The summed E-state index contributed by atoms with van der Waals surface area (Å²) in [6.45, 7) is 1.84. The molecule has 0 aromatic rings. The van der Waals surface area contributed by atoms with Gasteiger partial charge in [0.05, 0.1) is 0 Å². The summed E-state index contributed by atoms with van der Waals surface area (Å²) in [6.07, 6.45) is 5.89. The van der Waals surface area contributed by atoms with Gasteiger partial charge in [-0.3, -0.25) is 9.59 Å². The second-order valence-electron chi connectivity index (χ2n) is 4.11. The molecule has 1 aliphatic rings. The van der Waals surface area contributed by atoms with Gasteiger partial charge in [-0.1, -0.05) is 26.2 Å². The Morgan fingerprint density at radius 3 is 2.40 bits per heavy atom. The third kappa shape index (κ3) is 3.82. The normalized spacial score (nSPS) is 19.6. The molecule has 1 rings (SSSR count). The first kappa shape index (κ1) is 12.5. The van der Waals surface area contributed by atoms with Gasteiger partial charge in [-0.2, -0.15) is 0 Å². The first-order chi connectivity index (χ1) is 7.15. The first-order valence-corrected chi connectivity index (χ1v) is 6.02. The highest BCUT2D eigenvalue weighted by molar-refractivity contribution is 6.64. The van der Waals surface area contributed by atoms with Crippen LogP contribution in [0.4, 0.5) is 0 Å². The van der Waals surface area contributed by atoms with E-state index in [1.165, 1.54) is 6.42 Å². The fourth-order valence-corrected chi connectivity index (χ4v) is 2.18. The zero-order chi connectivity index (χ0) is 11.3. The van der Waals surface area contributed by atoms with Crippen LogP contribution in [0.1, 0.15) is 45.4 Å². The lowest BCUT2D eigenvalue weighted by atomic mass is 9.88. The molecule has 0 spiro atoms. The predicted octanol–water partition coefficient (Wildman–Crippen LogP) is 2.23. The monoisotopic (exact) mass is 231 g/mol. The Hall–Kier alpha value is -0.570. The molecule has 0 bridgehead atoms. The van der Waals surface area contributed by atoms with Crippen molar-refractivity contribution in [3.8, 4) is 0 Å². The van der Waals surface area contributed by atoms with Crippen molar-refractivity contribution in [2.24, 2.45) is 5.92 Å². The number of hydrogen-bond acceptors (Lipinski definition) is 2.